The number of rotatable bonds is 1. The van der Waals surface area contributed by atoms with Crippen LogP contribution < -0.4 is 5.73 Å². The Morgan fingerprint density at radius 2 is 2.14 bits per heavy atom. The maximum absolute atomic E-state index is 12.9. The molecule has 2 heterocycles. The number of hydrogen-bond acceptors (Lipinski definition) is 2. The van der Waals surface area contributed by atoms with Gasteiger partial charge < -0.3 is 15.6 Å². The second-order valence-electron chi connectivity index (χ2n) is 6.47. The summed E-state index contributed by atoms with van der Waals surface area (Å²) in [5.74, 6) is 1.25. The van der Waals surface area contributed by atoms with Crippen LogP contribution in [0.2, 0.25) is 0 Å². The topological polar surface area (TPSA) is 62.1 Å². The number of nitrogens with zero attached hydrogens (tertiary/aromatic N) is 1. The van der Waals surface area contributed by atoms with Gasteiger partial charge in [-0.2, -0.15) is 0 Å². The van der Waals surface area contributed by atoms with Gasteiger partial charge in [-0.25, -0.2) is 0 Å². The van der Waals surface area contributed by atoms with Gasteiger partial charge >= 0.3 is 0 Å². The largest absolute Gasteiger partial charge is 0.361 e. The highest BCUT2D eigenvalue weighted by molar-refractivity contribution is 6.06. The van der Waals surface area contributed by atoms with Crippen molar-refractivity contribution in [2.75, 3.05) is 13.1 Å². The van der Waals surface area contributed by atoms with Gasteiger partial charge in [0.25, 0.3) is 5.91 Å². The van der Waals surface area contributed by atoms with E-state index in [9.17, 15) is 4.79 Å². The van der Waals surface area contributed by atoms with Crippen LogP contribution in [0.3, 0.4) is 0 Å². The third kappa shape index (κ3) is 2.05. The maximum Gasteiger partial charge on any atom is 0.254 e. The number of amides is 1. The molecule has 0 radical (unpaired) electrons. The summed E-state index contributed by atoms with van der Waals surface area (Å²) in [5.41, 5.74) is 8.08. The Kier molecular flexibility index (Phi) is 3.00. The first-order valence-corrected chi connectivity index (χ1v) is 7.85. The van der Waals surface area contributed by atoms with Gasteiger partial charge in [0.2, 0.25) is 0 Å². The molecule has 2 fully saturated rings. The lowest BCUT2D eigenvalue weighted by molar-refractivity contribution is 0.0785. The normalized spacial score (nSPS) is 28.8. The van der Waals surface area contributed by atoms with Gasteiger partial charge in [-0.05, 0) is 42.9 Å². The molecular formula is C17H21N3O. The van der Waals surface area contributed by atoms with E-state index in [1.54, 1.807) is 0 Å². The van der Waals surface area contributed by atoms with Crippen molar-refractivity contribution >= 4 is 16.8 Å². The molecule has 1 aliphatic heterocycles. The number of benzene rings is 1. The van der Waals surface area contributed by atoms with Crippen LogP contribution >= 0.6 is 0 Å². The van der Waals surface area contributed by atoms with Gasteiger partial charge in [0, 0.05) is 41.8 Å². The van der Waals surface area contributed by atoms with Gasteiger partial charge in [0.15, 0.2) is 0 Å². The van der Waals surface area contributed by atoms with E-state index in [0.29, 0.717) is 11.8 Å². The first kappa shape index (κ1) is 12.9. The number of nitrogens with one attached hydrogen (secondary N) is 1. The second-order valence-corrected chi connectivity index (χ2v) is 6.47. The maximum atomic E-state index is 12.9. The summed E-state index contributed by atoms with van der Waals surface area (Å²) in [6, 6.07) is 8.13. The van der Waals surface area contributed by atoms with Gasteiger partial charge in [0.05, 0.1) is 0 Å². The van der Waals surface area contributed by atoms with Crippen molar-refractivity contribution in [3.8, 4) is 0 Å². The fourth-order valence-corrected chi connectivity index (χ4v) is 4.12. The molecule has 1 saturated carbocycles. The van der Waals surface area contributed by atoms with Crippen molar-refractivity contribution in [2.24, 2.45) is 17.6 Å². The SMILES string of the molecule is NC1CCCC2CN(C(=O)c3cccc4[nH]ccc34)CC12. The molecule has 2 aliphatic rings. The third-order valence-corrected chi connectivity index (χ3v) is 5.27. The minimum atomic E-state index is 0.154. The first-order valence-electron chi connectivity index (χ1n) is 7.85. The summed E-state index contributed by atoms with van der Waals surface area (Å²) in [6.07, 6.45) is 5.42. The summed E-state index contributed by atoms with van der Waals surface area (Å²) in [5, 5.41) is 1.02. The minimum absolute atomic E-state index is 0.154. The predicted octanol–water partition coefficient (Wildman–Crippen LogP) is 2.37. The summed E-state index contributed by atoms with van der Waals surface area (Å²) >= 11 is 0. The van der Waals surface area contributed by atoms with E-state index in [1.807, 2.05) is 35.4 Å². The Bertz CT molecular complexity index is 677. The van der Waals surface area contributed by atoms with Gasteiger partial charge in [0.1, 0.15) is 0 Å². The molecule has 2 aromatic rings. The average molecular weight is 283 g/mol. The van der Waals surface area contributed by atoms with E-state index in [2.05, 4.69) is 4.98 Å². The molecule has 1 aromatic carbocycles. The molecule has 1 saturated heterocycles. The fraction of sp³-hybridized carbons (Fsp3) is 0.471. The van der Waals surface area contributed by atoms with Crippen LogP contribution in [-0.2, 0) is 0 Å². The lowest BCUT2D eigenvalue weighted by Crippen LogP contribution is -2.38. The van der Waals surface area contributed by atoms with Crippen molar-refractivity contribution in [1.82, 2.24) is 9.88 Å². The molecule has 0 bridgehead atoms. The van der Waals surface area contributed by atoms with E-state index in [4.69, 9.17) is 5.73 Å². The van der Waals surface area contributed by atoms with Gasteiger partial charge in [-0.15, -0.1) is 0 Å². The molecule has 1 aromatic heterocycles. The van der Waals surface area contributed by atoms with E-state index >= 15 is 0 Å². The molecule has 3 N–H and O–H groups in total. The molecular weight excluding hydrogens is 262 g/mol. The smallest absolute Gasteiger partial charge is 0.254 e. The highest BCUT2D eigenvalue weighted by atomic mass is 16.2. The van der Waals surface area contributed by atoms with Gasteiger partial charge in [-0.3, -0.25) is 4.79 Å². The average Bonchev–Trinajstić information content (AvgIpc) is 3.13. The van der Waals surface area contributed by atoms with Crippen LogP contribution in [0.15, 0.2) is 30.5 Å². The number of fused-ring (bicyclic) bond motifs is 2. The summed E-state index contributed by atoms with van der Waals surface area (Å²) in [6.45, 7) is 1.70. The number of aromatic nitrogens is 1. The number of aromatic amines is 1. The van der Waals surface area contributed by atoms with Crippen molar-refractivity contribution < 1.29 is 4.79 Å². The molecule has 4 nitrogen and oxygen atoms in total. The van der Waals surface area contributed by atoms with Gasteiger partial charge in [-0.1, -0.05) is 12.5 Å². The highest BCUT2D eigenvalue weighted by Crippen LogP contribution is 2.36. The lowest BCUT2D eigenvalue weighted by Gasteiger charge is -2.29. The standard InChI is InChI=1S/C17H21N3O/c18-15-5-1-3-11-9-20(10-14(11)15)17(21)13-4-2-6-16-12(13)7-8-19-16/h2,4,6-8,11,14-15,19H,1,3,5,9-10,18H2. The number of likely N-dealkylation sites (tertiary alicyclic amines) is 1. The Morgan fingerprint density at radius 1 is 1.24 bits per heavy atom. The minimum Gasteiger partial charge on any atom is -0.361 e. The van der Waals surface area contributed by atoms with E-state index in [-0.39, 0.29) is 11.9 Å². The molecule has 21 heavy (non-hydrogen) atoms. The lowest BCUT2D eigenvalue weighted by atomic mass is 9.78. The van der Waals surface area contributed by atoms with Crippen molar-refractivity contribution in [3.05, 3.63) is 36.0 Å². The molecule has 4 heteroatoms. The Labute approximate surface area is 124 Å². The van der Waals surface area contributed by atoms with E-state index < -0.39 is 0 Å². The van der Waals surface area contributed by atoms with Crippen LogP contribution in [-0.4, -0.2) is 34.9 Å². The van der Waals surface area contributed by atoms with Crippen molar-refractivity contribution in [3.63, 3.8) is 0 Å². The van der Waals surface area contributed by atoms with Crippen LogP contribution in [0.25, 0.3) is 10.9 Å². The summed E-state index contributed by atoms with van der Waals surface area (Å²) in [7, 11) is 0. The second kappa shape index (κ2) is 4.88. The zero-order chi connectivity index (χ0) is 14.4. The van der Waals surface area contributed by atoms with Crippen molar-refractivity contribution in [2.45, 2.75) is 25.3 Å². The fourth-order valence-electron chi connectivity index (χ4n) is 4.12. The molecule has 0 spiro atoms. The number of nitrogens with two attached hydrogens (primary N) is 1. The molecule has 4 rings (SSSR count). The van der Waals surface area contributed by atoms with Crippen LogP contribution in [0.4, 0.5) is 0 Å². The molecule has 110 valence electrons. The summed E-state index contributed by atoms with van der Waals surface area (Å²) in [4.78, 5) is 18.1. The Balaban J connectivity index is 1.62. The number of carbonyl (C=O) groups excluding carboxylic acids is 1. The molecule has 3 atom stereocenters. The van der Waals surface area contributed by atoms with Crippen molar-refractivity contribution in [1.29, 1.82) is 0 Å². The quantitative estimate of drug-likeness (QED) is 0.844. The monoisotopic (exact) mass is 283 g/mol. The number of hydrogen-bond donors (Lipinski definition) is 2. The Hall–Kier alpha value is -1.81. The first-order chi connectivity index (χ1) is 10.2. The molecule has 3 unspecified atom stereocenters. The highest BCUT2D eigenvalue weighted by Gasteiger charge is 2.40. The zero-order valence-corrected chi connectivity index (χ0v) is 12.1. The van der Waals surface area contributed by atoms with E-state index in [0.717, 1.165) is 36.0 Å². The molecule has 1 amide bonds. The van der Waals surface area contributed by atoms with Crippen LogP contribution in [0, 0.1) is 11.8 Å². The number of H-pyrrole nitrogens is 1. The number of carbonyl (C=O) groups is 1. The van der Waals surface area contributed by atoms with E-state index in [1.165, 1.54) is 12.8 Å². The Morgan fingerprint density at radius 3 is 3.00 bits per heavy atom. The van der Waals surface area contributed by atoms with Crippen LogP contribution in [0.1, 0.15) is 29.6 Å². The summed E-state index contributed by atoms with van der Waals surface area (Å²) < 4.78 is 0. The third-order valence-electron chi connectivity index (χ3n) is 5.27. The van der Waals surface area contributed by atoms with Crippen LogP contribution in [0.5, 0.6) is 0 Å². The zero-order valence-electron chi connectivity index (χ0n) is 12.1. The molecule has 1 aliphatic carbocycles. The predicted molar refractivity (Wildman–Crippen MR) is 83.0 cm³/mol.